The van der Waals surface area contributed by atoms with Crippen LogP contribution in [0, 0.1) is 6.92 Å². The van der Waals surface area contributed by atoms with Crippen LogP contribution in [0.5, 0.6) is 0 Å². The minimum absolute atomic E-state index is 0.139. The Morgan fingerprint density at radius 2 is 1.74 bits per heavy atom. The Kier molecular flexibility index (Phi) is 6.12. The minimum atomic E-state index is -1.39. The van der Waals surface area contributed by atoms with Gasteiger partial charge in [0.05, 0.1) is 18.5 Å². The summed E-state index contributed by atoms with van der Waals surface area (Å²) in [5.74, 6) is -2.93. The first-order chi connectivity index (χ1) is 12.7. The molecule has 142 valence electrons. The van der Waals surface area contributed by atoms with Gasteiger partial charge in [0.1, 0.15) is 6.04 Å². The van der Waals surface area contributed by atoms with Crippen molar-refractivity contribution in [1.82, 2.24) is 9.88 Å². The lowest BCUT2D eigenvalue weighted by molar-refractivity contribution is -0.143. The van der Waals surface area contributed by atoms with Gasteiger partial charge >= 0.3 is 5.97 Å². The van der Waals surface area contributed by atoms with Crippen molar-refractivity contribution in [2.75, 3.05) is 0 Å². The zero-order valence-electron chi connectivity index (χ0n) is 15.1. The first kappa shape index (κ1) is 19.9. The molecular weight excluding hydrogens is 350 g/mol. The summed E-state index contributed by atoms with van der Waals surface area (Å²) in [5, 5.41) is 11.3. The molecule has 2 aromatic rings. The number of aryl methyl sites for hydroxylation is 1. The molecule has 0 radical (unpaired) electrons. The van der Waals surface area contributed by atoms with E-state index in [4.69, 9.17) is 10.8 Å². The van der Waals surface area contributed by atoms with Crippen molar-refractivity contribution in [3.8, 4) is 0 Å². The highest BCUT2D eigenvalue weighted by Gasteiger charge is 2.23. The number of benzene rings is 1. The highest BCUT2D eigenvalue weighted by molar-refractivity contribution is 6.08. The van der Waals surface area contributed by atoms with Crippen LogP contribution in [0.25, 0.3) is 0 Å². The number of amides is 2. The molecule has 0 aliphatic rings. The molecule has 0 aliphatic heterocycles. The molecule has 1 aromatic carbocycles. The molecule has 4 N–H and O–H groups in total. The summed E-state index contributed by atoms with van der Waals surface area (Å²) in [6, 6.07) is 9.01. The minimum Gasteiger partial charge on any atom is -0.480 e. The third-order valence-corrected chi connectivity index (χ3v) is 4.15. The van der Waals surface area contributed by atoms with Crippen LogP contribution in [-0.4, -0.2) is 39.3 Å². The van der Waals surface area contributed by atoms with Crippen molar-refractivity contribution in [2.45, 2.75) is 25.8 Å². The number of nitrogens with zero attached hydrogens (tertiary/aromatic N) is 1. The van der Waals surface area contributed by atoms with Crippen LogP contribution >= 0.6 is 0 Å². The SMILES string of the molecule is Cc1ccc(C(=O)c2ccc(CC(=O)N[C@@H](CC(N)=O)C(=O)O)n2C)cc1. The van der Waals surface area contributed by atoms with Gasteiger partial charge in [-0.2, -0.15) is 0 Å². The number of hydrogen-bond acceptors (Lipinski definition) is 4. The second kappa shape index (κ2) is 8.31. The molecule has 0 saturated carbocycles. The lowest BCUT2D eigenvalue weighted by atomic mass is 10.1. The summed E-state index contributed by atoms with van der Waals surface area (Å²) in [6.07, 6.45) is -0.633. The van der Waals surface area contributed by atoms with Gasteiger partial charge in [0, 0.05) is 18.3 Å². The van der Waals surface area contributed by atoms with Crippen molar-refractivity contribution < 1.29 is 24.3 Å². The van der Waals surface area contributed by atoms with Gasteiger partial charge in [-0.3, -0.25) is 14.4 Å². The average molecular weight is 371 g/mol. The van der Waals surface area contributed by atoms with E-state index in [-0.39, 0.29) is 12.2 Å². The predicted octanol–water partition coefficient (Wildman–Crippen LogP) is 0.552. The van der Waals surface area contributed by atoms with Crippen molar-refractivity contribution >= 4 is 23.6 Å². The molecule has 1 aromatic heterocycles. The first-order valence-electron chi connectivity index (χ1n) is 8.25. The van der Waals surface area contributed by atoms with E-state index < -0.39 is 30.2 Å². The predicted molar refractivity (Wildman–Crippen MR) is 97.1 cm³/mol. The second-order valence-electron chi connectivity index (χ2n) is 6.27. The van der Waals surface area contributed by atoms with Gasteiger partial charge in [0.2, 0.25) is 17.6 Å². The molecule has 27 heavy (non-hydrogen) atoms. The number of primary amides is 1. The Labute approximate surface area is 156 Å². The maximum absolute atomic E-state index is 12.6. The molecule has 2 rings (SSSR count). The number of carboxylic acids is 1. The average Bonchev–Trinajstić information content (AvgIpc) is 2.94. The van der Waals surface area contributed by atoms with Crippen molar-refractivity contribution in [3.05, 3.63) is 58.9 Å². The van der Waals surface area contributed by atoms with Gasteiger partial charge in [-0.05, 0) is 19.1 Å². The summed E-state index contributed by atoms with van der Waals surface area (Å²) in [6.45, 7) is 1.93. The Morgan fingerprint density at radius 3 is 2.30 bits per heavy atom. The number of carboxylic acid groups (broad SMARTS) is 1. The van der Waals surface area contributed by atoms with Crippen LogP contribution in [0.2, 0.25) is 0 Å². The highest BCUT2D eigenvalue weighted by Crippen LogP contribution is 2.14. The van der Waals surface area contributed by atoms with E-state index in [2.05, 4.69) is 5.32 Å². The van der Waals surface area contributed by atoms with Crippen molar-refractivity contribution in [1.29, 1.82) is 0 Å². The van der Waals surface area contributed by atoms with Crippen molar-refractivity contribution in [3.63, 3.8) is 0 Å². The monoisotopic (exact) mass is 371 g/mol. The molecular formula is C19H21N3O5. The molecule has 0 aliphatic carbocycles. The number of nitrogens with two attached hydrogens (primary N) is 1. The van der Waals surface area contributed by atoms with E-state index in [1.54, 1.807) is 35.9 Å². The Hall–Kier alpha value is -3.42. The fourth-order valence-electron chi connectivity index (χ4n) is 2.62. The van der Waals surface area contributed by atoms with E-state index in [1.165, 1.54) is 0 Å². The standard InChI is InChI=1S/C19H21N3O5/c1-11-3-5-12(6-4-11)18(25)15-8-7-13(22(15)2)9-17(24)21-14(19(26)27)10-16(20)23/h3-8,14H,9-10H2,1-2H3,(H2,20,23)(H,21,24)(H,26,27)/t14-/m0/s1. The lowest BCUT2D eigenvalue weighted by Crippen LogP contribution is -2.44. The van der Waals surface area contributed by atoms with Crippen molar-refractivity contribution in [2.24, 2.45) is 12.8 Å². The topological polar surface area (TPSA) is 131 Å². The third kappa shape index (κ3) is 5.04. The third-order valence-electron chi connectivity index (χ3n) is 4.15. The fraction of sp³-hybridized carbons (Fsp3) is 0.263. The van der Waals surface area contributed by atoms with Gasteiger partial charge in [-0.15, -0.1) is 0 Å². The van der Waals surface area contributed by atoms with Gasteiger partial charge in [0.15, 0.2) is 0 Å². The molecule has 1 atom stereocenters. The first-order valence-corrected chi connectivity index (χ1v) is 8.25. The Bertz CT molecular complexity index is 883. The Balaban J connectivity index is 2.11. The highest BCUT2D eigenvalue weighted by atomic mass is 16.4. The quantitative estimate of drug-likeness (QED) is 0.583. The second-order valence-corrected chi connectivity index (χ2v) is 6.27. The van der Waals surface area contributed by atoms with Gasteiger partial charge in [0.25, 0.3) is 0 Å². The fourth-order valence-corrected chi connectivity index (χ4v) is 2.62. The number of hydrogen-bond donors (Lipinski definition) is 3. The van der Waals surface area contributed by atoms with E-state index in [0.717, 1.165) is 5.56 Å². The summed E-state index contributed by atoms with van der Waals surface area (Å²) in [5.41, 5.74) is 7.51. The van der Waals surface area contributed by atoms with Crippen LogP contribution in [-0.2, 0) is 27.9 Å². The largest absolute Gasteiger partial charge is 0.480 e. The number of aromatic nitrogens is 1. The van der Waals surface area contributed by atoms with Gasteiger partial charge in [-0.25, -0.2) is 4.79 Å². The van der Waals surface area contributed by atoms with Crippen LogP contribution in [0.1, 0.15) is 33.7 Å². The van der Waals surface area contributed by atoms with E-state index in [1.807, 2.05) is 19.1 Å². The zero-order chi connectivity index (χ0) is 20.1. The van der Waals surface area contributed by atoms with E-state index >= 15 is 0 Å². The molecule has 1 heterocycles. The van der Waals surface area contributed by atoms with Crippen LogP contribution in [0.15, 0.2) is 36.4 Å². The number of carbonyl (C=O) groups is 4. The molecule has 0 spiro atoms. The summed E-state index contributed by atoms with van der Waals surface area (Å²) in [7, 11) is 1.65. The summed E-state index contributed by atoms with van der Waals surface area (Å²) in [4.78, 5) is 46.7. The maximum Gasteiger partial charge on any atom is 0.326 e. The number of nitrogens with one attached hydrogen (secondary N) is 1. The summed E-state index contributed by atoms with van der Waals surface area (Å²) >= 11 is 0. The smallest absolute Gasteiger partial charge is 0.326 e. The molecule has 8 nitrogen and oxygen atoms in total. The van der Waals surface area contributed by atoms with Crippen LogP contribution < -0.4 is 11.1 Å². The molecule has 0 fully saturated rings. The lowest BCUT2D eigenvalue weighted by Gasteiger charge is -2.13. The van der Waals surface area contributed by atoms with Crippen LogP contribution in [0.4, 0.5) is 0 Å². The number of rotatable bonds is 8. The normalized spacial score (nSPS) is 11.6. The molecule has 0 bridgehead atoms. The van der Waals surface area contributed by atoms with E-state index in [9.17, 15) is 19.2 Å². The van der Waals surface area contributed by atoms with Crippen LogP contribution in [0.3, 0.4) is 0 Å². The molecule has 0 saturated heterocycles. The van der Waals surface area contributed by atoms with Gasteiger partial charge in [-0.1, -0.05) is 29.8 Å². The number of aliphatic carboxylic acids is 1. The number of carbonyl (C=O) groups excluding carboxylic acids is 3. The molecule has 0 unspecified atom stereocenters. The molecule has 2 amide bonds. The Morgan fingerprint density at radius 1 is 1.11 bits per heavy atom. The summed E-state index contributed by atoms with van der Waals surface area (Å²) < 4.78 is 1.59. The molecule has 8 heteroatoms. The number of ketones is 1. The van der Waals surface area contributed by atoms with Gasteiger partial charge < -0.3 is 20.7 Å². The van der Waals surface area contributed by atoms with E-state index in [0.29, 0.717) is 17.0 Å². The maximum atomic E-state index is 12.6. The zero-order valence-corrected chi connectivity index (χ0v) is 15.1.